The molecule has 0 heterocycles. The molecule has 0 bridgehead atoms. The molecule has 1 aliphatic carbocycles. The summed E-state index contributed by atoms with van der Waals surface area (Å²) < 4.78 is 0. The Morgan fingerprint density at radius 1 is 0.571 bits per heavy atom. The third kappa shape index (κ3) is 2.45. The molecule has 1 aliphatic rings. The molecule has 0 saturated carbocycles. The molecule has 0 aliphatic heterocycles. The first-order chi connectivity index (χ1) is 13.6. The Bertz CT molecular complexity index is 1190. The minimum absolute atomic E-state index is 0.0568. The van der Waals surface area contributed by atoms with Crippen LogP contribution >= 0.6 is 11.6 Å². The van der Waals surface area contributed by atoms with Crippen molar-refractivity contribution >= 4 is 11.6 Å². The normalized spacial score (nSPS) is 13.8. The number of fused-ring (bicyclic) bond motifs is 3. The van der Waals surface area contributed by atoms with Crippen molar-refractivity contribution in [3.05, 3.63) is 107 Å². The molecule has 136 valence electrons. The Balaban J connectivity index is 1.83. The van der Waals surface area contributed by atoms with E-state index in [4.69, 9.17) is 11.6 Å². The molecule has 0 fully saturated rings. The van der Waals surface area contributed by atoms with Crippen molar-refractivity contribution in [1.29, 1.82) is 0 Å². The smallest absolute Gasteiger partial charge is 0.0490 e. The number of halogens is 1. The van der Waals surface area contributed by atoms with Gasteiger partial charge in [0.05, 0.1) is 0 Å². The summed E-state index contributed by atoms with van der Waals surface area (Å²) >= 11 is 6.72. The van der Waals surface area contributed by atoms with Crippen LogP contribution in [0.15, 0.2) is 91.0 Å². The van der Waals surface area contributed by atoms with Crippen molar-refractivity contribution in [2.45, 2.75) is 19.3 Å². The van der Waals surface area contributed by atoms with Crippen LogP contribution in [0.1, 0.15) is 25.0 Å². The predicted molar refractivity (Wildman–Crippen MR) is 120 cm³/mol. The summed E-state index contributed by atoms with van der Waals surface area (Å²) in [6, 6.07) is 32.1. The molecule has 0 atom stereocenters. The molecule has 0 N–H and O–H groups in total. The third-order valence-corrected chi connectivity index (χ3v) is 6.26. The van der Waals surface area contributed by atoms with E-state index in [2.05, 4.69) is 92.7 Å². The zero-order chi connectivity index (χ0) is 19.3. The lowest BCUT2D eigenvalue weighted by Gasteiger charge is -2.25. The fraction of sp³-hybridized carbons (Fsp3) is 0.111. The van der Waals surface area contributed by atoms with Crippen LogP contribution in [0.4, 0.5) is 0 Å². The molecule has 28 heavy (non-hydrogen) atoms. The van der Waals surface area contributed by atoms with E-state index in [-0.39, 0.29) is 5.41 Å². The van der Waals surface area contributed by atoms with E-state index in [0.717, 1.165) is 16.1 Å². The van der Waals surface area contributed by atoms with Crippen molar-refractivity contribution < 1.29 is 0 Å². The summed E-state index contributed by atoms with van der Waals surface area (Å²) in [5.41, 5.74) is 10.1. The highest BCUT2D eigenvalue weighted by molar-refractivity contribution is 6.34. The maximum Gasteiger partial charge on any atom is 0.0490 e. The van der Waals surface area contributed by atoms with Gasteiger partial charge in [0, 0.05) is 16.0 Å². The van der Waals surface area contributed by atoms with E-state index in [0.29, 0.717) is 0 Å². The summed E-state index contributed by atoms with van der Waals surface area (Å²) in [4.78, 5) is 0. The molecule has 0 spiro atoms. The van der Waals surface area contributed by atoms with Gasteiger partial charge in [-0.3, -0.25) is 0 Å². The summed E-state index contributed by atoms with van der Waals surface area (Å²) in [5.74, 6) is 0. The predicted octanol–water partition coefficient (Wildman–Crippen LogP) is 7.98. The van der Waals surface area contributed by atoms with Gasteiger partial charge in [-0.2, -0.15) is 0 Å². The van der Waals surface area contributed by atoms with Crippen LogP contribution in [0.3, 0.4) is 0 Å². The fourth-order valence-corrected chi connectivity index (χ4v) is 5.00. The van der Waals surface area contributed by atoms with Crippen molar-refractivity contribution in [3.8, 4) is 33.4 Å². The van der Waals surface area contributed by atoms with Gasteiger partial charge in [-0.15, -0.1) is 0 Å². The van der Waals surface area contributed by atoms with Crippen LogP contribution in [0.25, 0.3) is 33.4 Å². The van der Waals surface area contributed by atoms with Gasteiger partial charge < -0.3 is 0 Å². The molecule has 0 radical (unpaired) electrons. The van der Waals surface area contributed by atoms with E-state index in [1.807, 2.05) is 12.1 Å². The Morgan fingerprint density at radius 3 is 1.93 bits per heavy atom. The maximum atomic E-state index is 6.72. The van der Waals surface area contributed by atoms with Crippen LogP contribution in [0.5, 0.6) is 0 Å². The lowest BCUT2D eigenvalue weighted by atomic mass is 9.78. The average molecular weight is 381 g/mol. The summed E-state index contributed by atoms with van der Waals surface area (Å²) in [6.45, 7) is 4.65. The van der Waals surface area contributed by atoms with Crippen LogP contribution < -0.4 is 0 Å². The Labute approximate surface area is 171 Å². The van der Waals surface area contributed by atoms with Crippen LogP contribution in [0.2, 0.25) is 5.02 Å². The number of hydrogen-bond donors (Lipinski definition) is 0. The second-order valence-electron chi connectivity index (χ2n) is 7.93. The second-order valence-corrected chi connectivity index (χ2v) is 8.33. The first kappa shape index (κ1) is 17.3. The standard InChI is InChI=1S/C27H21Cl/c1-27(2)23-16-7-6-12-19(23)21-14-8-15-22(26(21)27)20-13-9-17-24(28)25(20)18-10-4-3-5-11-18/h3-17H,1-2H3. The van der Waals surface area contributed by atoms with E-state index in [1.54, 1.807) is 0 Å². The highest BCUT2D eigenvalue weighted by Crippen LogP contribution is 2.53. The number of hydrogen-bond acceptors (Lipinski definition) is 0. The molecule has 5 rings (SSSR count). The molecule has 0 nitrogen and oxygen atoms in total. The second kappa shape index (κ2) is 6.36. The minimum atomic E-state index is -0.0568. The Hall–Kier alpha value is -2.83. The first-order valence-corrected chi connectivity index (χ1v) is 10.0. The van der Waals surface area contributed by atoms with Crippen LogP contribution in [0, 0.1) is 0 Å². The van der Waals surface area contributed by atoms with Crippen molar-refractivity contribution in [2.75, 3.05) is 0 Å². The molecule has 0 unspecified atom stereocenters. The van der Waals surface area contributed by atoms with Gasteiger partial charge in [-0.25, -0.2) is 0 Å². The summed E-state index contributed by atoms with van der Waals surface area (Å²) in [7, 11) is 0. The average Bonchev–Trinajstić information content (AvgIpc) is 2.96. The van der Waals surface area contributed by atoms with E-state index < -0.39 is 0 Å². The molecule has 0 amide bonds. The van der Waals surface area contributed by atoms with Crippen molar-refractivity contribution in [2.24, 2.45) is 0 Å². The molecular weight excluding hydrogens is 360 g/mol. The molecular formula is C27H21Cl. The highest BCUT2D eigenvalue weighted by atomic mass is 35.5. The number of benzene rings is 4. The highest BCUT2D eigenvalue weighted by Gasteiger charge is 2.37. The number of rotatable bonds is 2. The fourth-order valence-electron chi connectivity index (χ4n) is 4.72. The van der Waals surface area contributed by atoms with E-state index in [9.17, 15) is 0 Å². The SMILES string of the molecule is CC1(C)c2ccccc2-c2cccc(-c3cccc(Cl)c3-c3ccccc3)c21. The molecule has 4 aromatic rings. The molecule has 0 aromatic heterocycles. The van der Waals surface area contributed by atoms with E-state index in [1.165, 1.54) is 33.4 Å². The Kier molecular flexibility index (Phi) is 3.92. The Morgan fingerprint density at radius 2 is 1.14 bits per heavy atom. The van der Waals surface area contributed by atoms with E-state index >= 15 is 0 Å². The molecule has 0 saturated heterocycles. The van der Waals surface area contributed by atoms with Crippen LogP contribution in [-0.2, 0) is 5.41 Å². The molecule has 4 aromatic carbocycles. The van der Waals surface area contributed by atoms with Crippen molar-refractivity contribution in [3.63, 3.8) is 0 Å². The van der Waals surface area contributed by atoms with Gasteiger partial charge in [0.2, 0.25) is 0 Å². The topological polar surface area (TPSA) is 0 Å². The summed E-state index contributed by atoms with van der Waals surface area (Å²) in [6.07, 6.45) is 0. The van der Waals surface area contributed by atoms with Gasteiger partial charge in [-0.05, 0) is 45.0 Å². The zero-order valence-electron chi connectivity index (χ0n) is 16.0. The lowest BCUT2D eigenvalue weighted by Crippen LogP contribution is -2.16. The van der Waals surface area contributed by atoms with Crippen molar-refractivity contribution in [1.82, 2.24) is 0 Å². The van der Waals surface area contributed by atoms with Gasteiger partial charge in [0.25, 0.3) is 0 Å². The van der Waals surface area contributed by atoms with Gasteiger partial charge in [0.15, 0.2) is 0 Å². The molecule has 1 heteroatoms. The zero-order valence-corrected chi connectivity index (χ0v) is 16.8. The van der Waals surface area contributed by atoms with Gasteiger partial charge >= 0.3 is 0 Å². The van der Waals surface area contributed by atoms with Gasteiger partial charge in [-0.1, -0.05) is 110 Å². The first-order valence-electron chi connectivity index (χ1n) is 9.67. The monoisotopic (exact) mass is 380 g/mol. The summed E-state index contributed by atoms with van der Waals surface area (Å²) in [5, 5.41) is 0.787. The third-order valence-electron chi connectivity index (χ3n) is 5.95. The lowest BCUT2D eigenvalue weighted by molar-refractivity contribution is 0.662. The van der Waals surface area contributed by atoms with Crippen LogP contribution in [-0.4, -0.2) is 0 Å². The van der Waals surface area contributed by atoms with Gasteiger partial charge in [0.1, 0.15) is 0 Å². The quantitative estimate of drug-likeness (QED) is 0.330. The largest absolute Gasteiger partial charge is 0.0836 e. The minimum Gasteiger partial charge on any atom is -0.0836 e. The maximum absolute atomic E-state index is 6.72.